The summed E-state index contributed by atoms with van der Waals surface area (Å²) < 4.78 is 63.8. The number of hydrogen-bond donors (Lipinski definition) is 1. The van der Waals surface area contributed by atoms with Gasteiger partial charge < -0.3 is 5.32 Å². The van der Waals surface area contributed by atoms with Gasteiger partial charge in [-0.25, -0.2) is 8.78 Å². The highest BCUT2D eigenvalue weighted by molar-refractivity contribution is 5.95. The second-order valence-electron chi connectivity index (χ2n) is 4.14. The number of carbonyl (C=O) groups excluding carboxylic acids is 1. The monoisotopic (exact) mass is 265 g/mol. The lowest BCUT2D eigenvalue weighted by molar-refractivity contribution is -0.163. The summed E-state index contributed by atoms with van der Waals surface area (Å²) in [4.78, 5) is 11.5. The molecule has 7 heteroatoms. The molecule has 1 aliphatic carbocycles. The summed E-state index contributed by atoms with van der Waals surface area (Å²) in [6.07, 6.45) is -5.09. The topological polar surface area (TPSA) is 29.1 Å². The number of hydrogen-bond acceptors (Lipinski definition) is 1. The van der Waals surface area contributed by atoms with E-state index in [2.05, 4.69) is 0 Å². The van der Waals surface area contributed by atoms with Gasteiger partial charge in [-0.15, -0.1) is 0 Å². The van der Waals surface area contributed by atoms with Gasteiger partial charge in [-0.05, 0) is 25.0 Å². The molecular formula is C11H8F5NO. The molecule has 0 radical (unpaired) electrons. The number of rotatable bonds is 2. The molecule has 18 heavy (non-hydrogen) atoms. The fourth-order valence-electron chi connectivity index (χ4n) is 1.57. The highest BCUT2D eigenvalue weighted by Gasteiger charge is 2.64. The average Bonchev–Trinajstić information content (AvgIpc) is 3.02. The summed E-state index contributed by atoms with van der Waals surface area (Å²) in [5, 5.41) is 1.72. The van der Waals surface area contributed by atoms with Crippen LogP contribution >= 0.6 is 0 Å². The van der Waals surface area contributed by atoms with Crippen LogP contribution in [-0.2, 0) is 0 Å². The molecule has 2 rings (SSSR count). The van der Waals surface area contributed by atoms with Crippen LogP contribution in [0.3, 0.4) is 0 Å². The first kappa shape index (κ1) is 12.8. The number of benzene rings is 1. The highest BCUT2D eigenvalue weighted by atomic mass is 19.4. The van der Waals surface area contributed by atoms with E-state index in [1.54, 1.807) is 5.32 Å². The van der Waals surface area contributed by atoms with E-state index >= 15 is 0 Å². The van der Waals surface area contributed by atoms with E-state index in [9.17, 15) is 26.7 Å². The van der Waals surface area contributed by atoms with Crippen molar-refractivity contribution in [1.82, 2.24) is 5.32 Å². The molecule has 0 atom stereocenters. The Morgan fingerprint density at radius 1 is 1.22 bits per heavy atom. The Balaban J connectivity index is 2.21. The Morgan fingerprint density at radius 3 is 2.33 bits per heavy atom. The maximum atomic E-state index is 13.2. The van der Waals surface area contributed by atoms with Crippen molar-refractivity contribution in [2.45, 2.75) is 24.6 Å². The SMILES string of the molecule is O=C(NC1(C(F)(F)F)CC1)c1cccc(F)c1F. The van der Waals surface area contributed by atoms with E-state index < -0.39 is 34.8 Å². The summed E-state index contributed by atoms with van der Waals surface area (Å²) in [5.41, 5.74) is -3.02. The van der Waals surface area contributed by atoms with Crippen LogP contribution < -0.4 is 5.32 Å². The molecule has 98 valence electrons. The van der Waals surface area contributed by atoms with Crippen molar-refractivity contribution in [3.05, 3.63) is 35.4 Å². The van der Waals surface area contributed by atoms with Crippen molar-refractivity contribution >= 4 is 5.91 Å². The second kappa shape index (κ2) is 3.93. The van der Waals surface area contributed by atoms with Gasteiger partial charge in [0.2, 0.25) is 0 Å². The first-order chi connectivity index (χ1) is 8.27. The van der Waals surface area contributed by atoms with Gasteiger partial charge in [-0.2, -0.15) is 13.2 Å². The van der Waals surface area contributed by atoms with Gasteiger partial charge in [0, 0.05) is 0 Å². The fraction of sp³-hybridized carbons (Fsp3) is 0.364. The smallest absolute Gasteiger partial charge is 0.338 e. The van der Waals surface area contributed by atoms with Crippen LogP contribution in [0.4, 0.5) is 22.0 Å². The van der Waals surface area contributed by atoms with Gasteiger partial charge in [0.05, 0.1) is 5.56 Å². The van der Waals surface area contributed by atoms with Crippen molar-refractivity contribution in [3.63, 3.8) is 0 Å². The lowest BCUT2D eigenvalue weighted by atomic mass is 10.1. The number of halogens is 5. The summed E-state index contributed by atoms with van der Waals surface area (Å²) >= 11 is 0. The summed E-state index contributed by atoms with van der Waals surface area (Å²) in [7, 11) is 0. The Labute approximate surface area is 98.8 Å². The van der Waals surface area contributed by atoms with Crippen molar-refractivity contribution in [2.24, 2.45) is 0 Å². The Morgan fingerprint density at radius 2 is 1.83 bits per heavy atom. The zero-order chi connectivity index (χ0) is 13.6. The normalized spacial score (nSPS) is 17.4. The molecule has 0 aromatic heterocycles. The number of nitrogens with one attached hydrogen (secondary N) is 1. The van der Waals surface area contributed by atoms with Crippen LogP contribution in [0.2, 0.25) is 0 Å². The molecule has 1 aromatic rings. The van der Waals surface area contributed by atoms with E-state index in [4.69, 9.17) is 0 Å². The zero-order valence-corrected chi connectivity index (χ0v) is 8.94. The lowest BCUT2D eigenvalue weighted by Gasteiger charge is -2.20. The third kappa shape index (κ3) is 2.04. The first-order valence-corrected chi connectivity index (χ1v) is 5.10. The molecule has 2 nitrogen and oxygen atoms in total. The van der Waals surface area contributed by atoms with Gasteiger partial charge >= 0.3 is 6.18 Å². The van der Waals surface area contributed by atoms with E-state index in [0.29, 0.717) is 0 Å². The third-order valence-corrected chi connectivity index (χ3v) is 2.84. The van der Waals surface area contributed by atoms with Gasteiger partial charge in [-0.3, -0.25) is 4.79 Å². The first-order valence-electron chi connectivity index (χ1n) is 5.10. The quantitative estimate of drug-likeness (QED) is 0.818. The van der Waals surface area contributed by atoms with Gasteiger partial charge in [0.1, 0.15) is 5.54 Å². The Bertz CT molecular complexity index is 493. The van der Waals surface area contributed by atoms with Gasteiger partial charge in [0.15, 0.2) is 11.6 Å². The minimum Gasteiger partial charge on any atom is -0.338 e. The predicted molar refractivity (Wildman–Crippen MR) is 51.8 cm³/mol. The van der Waals surface area contributed by atoms with E-state index in [-0.39, 0.29) is 12.8 Å². The van der Waals surface area contributed by atoms with Gasteiger partial charge in [-0.1, -0.05) is 6.07 Å². The molecular weight excluding hydrogens is 257 g/mol. The molecule has 1 aliphatic rings. The Kier molecular flexibility index (Phi) is 2.79. The van der Waals surface area contributed by atoms with Crippen molar-refractivity contribution in [2.75, 3.05) is 0 Å². The molecule has 0 bridgehead atoms. The van der Waals surface area contributed by atoms with Crippen LogP contribution in [0.1, 0.15) is 23.2 Å². The molecule has 1 amide bonds. The molecule has 0 saturated heterocycles. The van der Waals surface area contributed by atoms with Crippen molar-refractivity contribution in [1.29, 1.82) is 0 Å². The molecule has 0 spiro atoms. The highest BCUT2D eigenvalue weighted by Crippen LogP contribution is 2.49. The van der Waals surface area contributed by atoms with Gasteiger partial charge in [0.25, 0.3) is 5.91 Å². The van der Waals surface area contributed by atoms with E-state index in [0.717, 1.165) is 18.2 Å². The minimum atomic E-state index is -4.59. The average molecular weight is 265 g/mol. The summed E-state index contributed by atoms with van der Waals surface area (Å²) in [6.45, 7) is 0. The van der Waals surface area contributed by atoms with E-state index in [1.165, 1.54) is 0 Å². The van der Waals surface area contributed by atoms with Crippen LogP contribution in [0.15, 0.2) is 18.2 Å². The summed E-state index contributed by atoms with van der Waals surface area (Å²) in [6, 6.07) is 2.77. The van der Waals surface area contributed by atoms with Crippen LogP contribution in [0.25, 0.3) is 0 Å². The predicted octanol–water partition coefficient (Wildman–Crippen LogP) is 2.79. The van der Waals surface area contributed by atoms with Crippen LogP contribution in [0.5, 0.6) is 0 Å². The number of amides is 1. The van der Waals surface area contributed by atoms with Crippen LogP contribution in [-0.4, -0.2) is 17.6 Å². The van der Waals surface area contributed by atoms with Crippen molar-refractivity contribution < 1.29 is 26.7 Å². The lowest BCUT2D eigenvalue weighted by Crippen LogP contribution is -2.48. The third-order valence-electron chi connectivity index (χ3n) is 2.84. The summed E-state index contributed by atoms with van der Waals surface area (Å²) in [5.74, 6) is -3.99. The fourth-order valence-corrected chi connectivity index (χ4v) is 1.57. The molecule has 0 heterocycles. The number of carbonyl (C=O) groups is 1. The minimum absolute atomic E-state index is 0.251. The van der Waals surface area contributed by atoms with Crippen LogP contribution in [0, 0.1) is 11.6 Å². The molecule has 1 saturated carbocycles. The second-order valence-corrected chi connectivity index (χ2v) is 4.14. The van der Waals surface area contributed by atoms with E-state index in [1.807, 2.05) is 0 Å². The molecule has 0 unspecified atom stereocenters. The maximum absolute atomic E-state index is 13.2. The molecule has 1 N–H and O–H groups in total. The standard InChI is InChI=1S/C11H8F5NO/c12-7-3-1-2-6(8(7)13)9(18)17-10(4-5-10)11(14,15)16/h1-3H,4-5H2,(H,17,18). The zero-order valence-electron chi connectivity index (χ0n) is 8.94. The molecule has 0 aliphatic heterocycles. The maximum Gasteiger partial charge on any atom is 0.411 e. The molecule has 1 aromatic carbocycles. The molecule has 1 fully saturated rings. The number of alkyl halides is 3. The largest absolute Gasteiger partial charge is 0.411 e. The van der Waals surface area contributed by atoms with Crippen molar-refractivity contribution in [3.8, 4) is 0 Å². The Hall–Kier alpha value is -1.66.